The van der Waals surface area contributed by atoms with Crippen LogP contribution in [0.25, 0.3) is 11.5 Å². The summed E-state index contributed by atoms with van der Waals surface area (Å²) in [5.41, 5.74) is 6.65. The van der Waals surface area contributed by atoms with Gasteiger partial charge in [0.15, 0.2) is 5.82 Å². The Morgan fingerprint density at radius 3 is 2.46 bits per heavy atom. The molecular formula is C18H14Cl2FN3O2. The molecule has 1 aliphatic carbocycles. The van der Waals surface area contributed by atoms with Crippen LogP contribution in [0.1, 0.15) is 24.2 Å². The van der Waals surface area contributed by atoms with Crippen molar-refractivity contribution in [2.75, 3.05) is 12.8 Å². The highest BCUT2D eigenvalue weighted by atomic mass is 35.5. The van der Waals surface area contributed by atoms with Crippen LogP contribution in [0.5, 0.6) is 5.75 Å². The van der Waals surface area contributed by atoms with Crippen molar-refractivity contribution < 1.29 is 13.7 Å². The molecule has 0 aliphatic heterocycles. The van der Waals surface area contributed by atoms with Crippen molar-refractivity contribution in [2.45, 2.75) is 18.3 Å². The lowest BCUT2D eigenvalue weighted by atomic mass is 9.94. The lowest BCUT2D eigenvalue weighted by Crippen LogP contribution is -2.13. The maximum Gasteiger partial charge on any atom is 0.260 e. The highest BCUT2D eigenvalue weighted by Crippen LogP contribution is 2.56. The number of rotatable bonds is 4. The molecule has 2 N–H and O–H groups in total. The number of methoxy groups -OCH3 is 1. The maximum atomic E-state index is 14.3. The van der Waals surface area contributed by atoms with E-state index in [1.165, 1.54) is 19.2 Å². The SMILES string of the molecule is COc1ccc(-c2nc(C3(c4c(Cl)cc(N)cc4Cl)CC3)no2)c(F)c1. The summed E-state index contributed by atoms with van der Waals surface area (Å²) >= 11 is 12.7. The van der Waals surface area contributed by atoms with Crippen LogP contribution in [-0.4, -0.2) is 17.3 Å². The largest absolute Gasteiger partial charge is 0.497 e. The van der Waals surface area contributed by atoms with E-state index in [1.807, 2.05) is 0 Å². The van der Waals surface area contributed by atoms with E-state index >= 15 is 0 Å². The van der Waals surface area contributed by atoms with Crippen molar-refractivity contribution in [3.05, 3.63) is 57.6 Å². The molecule has 4 rings (SSSR count). The van der Waals surface area contributed by atoms with E-state index in [2.05, 4.69) is 10.1 Å². The summed E-state index contributed by atoms with van der Waals surface area (Å²) in [7, 11) is 1.47. The fourth-order valence-corrected chi connectivity index (χ4v) is 3.95. The molecule has 1 aliphatic rings. The van der Waals surface area contributed by atoms with E-state index in [9.17, 15) is 4.39 Å². The van der Waals surface area contributed by atoms with Gasteiger partial charge in [0.05, 0.1) is 18.1 Å². The lowest BCUT2D eigenvalue weighted by Gasteiger charge is -2.15. The first-order valence-corrected chi connectivity index (χ1v) is 8.63. The van der Waals surface area contributed by atoms with Gasteiger partial charge >= 0.3 is 0 Å². The number of anilines is 1. The first-order valence-electron chi connectivity index (χ1n) is 7.88. The minimum atomic E-state index is -0.535. The van der Waals surface area contributed by atoms with Crippen LogP contribution in [0.2, 0.25) is 10.0 Å². The Balaban J connectivity index is 1.75. The minimum Gasteiger partial charge on any atom is -0.497 e. The number of hydrogen-bond acceptors (Lipinski definition) is 5. The summed E-state index contributed by atoms with van der Waals surface area (Å²) in [6, 6.07) is 7.72. The maximum absolute atomic E-state index is 14.3. The van der Waals surface area contributed by atoms with Crippen molar-refractivity contribution in [2.24, 2.45) is 0 Å². The minimum absolute atomic E-state index is 0.0918. The molecule has 0 radical (unpaired) electrons. The summed E-state index contributed by atoms with van der Waals surface area (Å²) in [6.45, 7) is 0. The Morgan fingerprint density at radius 1 is 1.19 bits per heavy atom. The first-order chi connectivity index (χ1) is 12.4. The smallest absolute Gasteiger partial charge is 0.260 e. The molecule has 0 saturated heterocycles. The molecule has 1 heterocycles. The van der Waals surface area contributed by atoms with E-state index in [-0.39, 0.29) is 11.5 Å². The Kier molecular flexibility index (Phi) is 4.04. The third kappa shape index (κ3) is 2.70. The average Bonchev–Trinajstić information content (AvgIpc) is 3.22. The number of aromatic nitrogens is 2. The number of benzene rings is 2. The highest BCUT2D eigenvalue weighted by molar-refractivity contribution is 6.36. The molecule has 5 nitrogen and oxygen atoms in total. The van der Waals surface area contributed by atoms with Gasteiger partial charge in [-0.05, 0) is 37.1 Å². The molecule has 134 valence electrons. The van der Waals surface area contributed by atoms with Gasteiger partial charge in [0.25, 0.3) is 5.89 Å². The molecular weight excluding hydrogens is 380 g/mol. The van der Waals surface area contributed by atoms with Crippen LogP contribution in [-0.2, 0) is 5.41 Å². The van der Waals surface area contributed by atoms with Gasteiger partial charge in [-0.1, -0.05) is 28.4 Å². The zero-order chi connectivity index (χ0) is 18.5. The van der Waals surface area contributed by atoms with Gasteiger partial charge in [0.1, 0.15) is 11.6 Å². The van der Waals surface area contributed by atoms with Gasteiger partial charge in [-0.3, -0.25) is 0 Å². The Morgan fingerprint density at radius 2 is 1.88 bits per heavy atom. The van der Waals surface area contributed by atoms with Crippen LogP contribution >= 0.6 is 23.2 Å². The second kappa shape index (κ2) is 6.14. The number of nitrogen functional groups attached to an aromatic ring is 1. The Bertz CT molecular complexity index is 979. The molecule has 1 saturated carbocycles. The topological polar surface area (TPSA) is 74.2 Å². The zero-order valence-electron chi connectivity index (χ0n) is 13.7. The summed E-state index contributed by atoms with van der Waals surface area (Å²) in [6.07, 6.45) is 1.53. The van der Waals surface area contributed by atoms with Gasteiger partial charge in [-0.2, -0.15) is 4.98 Å². The van der Waals surface area contributed by atoms with Crippen LogP contribution in [0.3, 0.4) is 0 Å². The summed E-state index contributed by atoms with van der Waals surface area (Å²) in [5, 5.41) is 4.97. The summed E-state index contributed by atoms with van der Waals surface area (Å²) in [5.74, 6) is 0.420. The molecule has 1 aromatic heterocycles. The fraction of sp³-hybridized carbons (Fsp3) is 0.222. The van der Waals surface area contributed by atoms with Gasteiger partial charge in [0, 0.05) is 27.4 Å². The van der Waals surface area contributed by atoms with E-state index in [4.69, 9.17) is 38.2 Å². The van der Waals surface area contributed by atoms with Crippen LogP contribution in [0.15, 0.2) is 34.9 Å². The third-order valence-electron chi connectivity index (χ3n) is 4.55. The molecule has 0 amide bonds. The van der Waals surface area contributed by atoms with Crippen molar-refractivity contribution in [1.29, 1.82) is 0 Å². The molecule has 26 heavy (non-hydrogen) atoms. The molecule has 2 aromatic carbocycles. The molecule has 8 heteroatoms. The van der Waals surface area contributed by atoms with Gasteiger partial charge in [-0.25, -0.2) is 4.39 Å². The third-order valence-corrected chi connectivity index (χ3v) is 5.15. The second-order valence-corrected chi connectivity index (χ2v) is 7.02. The number of nitrogens with zero attached hydrogens (tertiary/aromatic N) is 2. The van der Waals surface area contributed by atoms with Crippen LogP contribution in [0, 0.1) is 5.82 Å². The summed E-state index contributed by atoms with van der Waals surface area (Å²) in [4.78, 5) is 4.40. The molecule has 0 spiro atoms. The van der Waals surface area contributed by atoms with Crippen LogP contribution in [0.4, 0.5) is 10.1 Å². The average molecular weight is 394 g/mol. The van der Waals surface area contributed by atoms with E-state index in [1.54, 1.807) is 18.2 Å². The van der Waals surface area contributed by atoms with Crippen molar-refractivity contribution in [3.8, 4) is 17.2 Å². The van der Waals surface area contributed by atoms with E-state index < -0.39 is 11.2 Å². The van der Waals surface area contributed by atoms with Crippen molar-refractivity contribution >= 4 is 28.9 Å². The normalized spacial score (nSPS) is 15.1. The molecule has 1 fully saturated rings. The fourth-order valence-electron chi connectivity index (χ4n) is 3.08. The Hall–Kier alpha value is -2.31. The van der Waals surface area contributed by atoms with Crippen molar-refractivity contribution in [1.82, 2.24) is 10.1 Å². The van der Waals surface area contributed by atoms with Gasteiger partial charge in [0.2, 0.25) is 0 Å². The number of halogens is 3. The lowest BCUT2D eigenvalue weighted by molar-refractivity contribution is 0.408. The number of nitrogens with two attached hydrogens (primary N) is 1. The number of ether oxygens (including phenoxy) is 1. The number of hydrogen-bond donors (Lipinski definition) is 1. The first kappa shape index (κ1) is 17.1. The highest BCUT2D eigenvalue weighted by Gasteiger charge is 2.52. The molecule has 0 unspecified atom stereocenters. The van der Waals surface area contributed by atoms with E-state index in [0.29, 0.717) is 27.3 Å². The quantitative estimate of drug-likeness (QED) is 0.641. The second-order valence-electron chi connectivity index (χ2n) is 6.21. The molecule has 0 bridgehead atoms. The zero-order valence-corrected chi connectivity index (χ0v) is 15.2. The van der Waals surface area contributed by atoms with Crippen molar-refractivity contribution in [3.63, 3.8) is 0 Å². The Labute approximate surface area is 158 Å². The van der Waals surface area contributed by atoms with Gasteiger partial charge < -0.3 is 15.0 Å². The van der Waals surface area contributed by atoms with Crippen LogP contribution < -0.4 is 10.5 Å². The molecule has 3 aromatic rings. The predicted octanol–water partition coefficient (Wildman–Crippen LogP) is 4.85. The predicted molar refractivity (Wildman–Crippen MR) is 97.1 cm³/mol. The standard InChI is InChI=1S/C18H14Cl2FN3O2/c1-25-10-2-3-11(14(21)8-10)16-23-17(24-26-16)18(4-5-18)15-12(19)6-9(22)7-13(15)20/h2-3,6-8H,4-5,22H2,1H3. The van der Waals surface area contributed by atoms with E-state index in [0.717, 1.165) is 18.4 Å². The summed E-state index contributed by atoms with van der Waals surface area (Å²) < 4.78 is 24.6. The monoisotopic (exact) mass is 393 g/mol. The van der Waals surface area contributed by atoms with Gasteiger partial charge in [-0.15, -0.1) is 0 Å². The molecule has 0 atom stereocenters.